The van der Waals surface area contributed by atoms with Gasteiger partial charge in [0.05, 0.1) is 10.6 Å². The summed E-state index contributed by atoms with van der Waals surface area (Å²) < 4.78 is 25.3. The van der Waals surface area contributed by atoms with E-state index in [1.54, 1.807) is 12.1 Å². The lowest BCUT2D eigenvalue weighted by Gasteiger charge is -2.25. The van der Waals surface area contributed by atoms with Crippen LogP contribution in [-0.4, -0.2) is 14.2 Å². The topological polar surface area (TPSA) is 34.1 Å². The van der Waals surface area contributed by atoms with E-state index in [9.17, 15) is 8.42 Å². The summed E-state index contributed by atoms with van der Waals surface area (Å²) in [4.78, 5) is 0.414. The zero-order valence-electron chi connectivity index (χ0n) is 13.9. The smallest absolute Gasteiger partial charge is 0.178 e. The van der Waals surface area contributed by atoms with Crippen molar-refractivity contribution < 1.29 is 8.42 Å². The van der Waals surface area contributed by atoms with Gasteiger partial charge in [-0.3, -0.25) is 0 Å². The van der Waals surface area contributed by atoms with E-state index in [-0.39, 0.29) is 5.75 Å². The predicted octanol–water partition coefficient (Wildman–Crippen LogP) is 5.61. The van der Waals surface area contributed by atoms with Crippen molar-refractivity contribution in [2.45, 2.75) is 37.5 Å². The van der Waals surface area contributed by atoms with Crippen LogP contribution in [0, 0.1) is 11.8 Å². The fourth-order valence-electron chi connectivity index (χ4n) is 3.44. The Bertz CT molecular complexity index is 789. The van der Waals surface area contributed by atoms with Crippen LogP contribution in [0.25, 0.3) is 11.1 Å². The molecule has 1 saturated carbocycles. The Labute approximate surface area is 149 Å². The minimum Gasteiger partial charge on any atom is -0.224 e. The van der Waals surface area contributed by atoms with Gasteiger partial charge in [-0.25, -0.2) is 8.42 Å². The largest absolute Gasteiger partial charge is 0.224 e. The van der Waals surface area contributed by atoms with E-state index in [1.165, 1.54) is 0 Å². The van der Waals surface area contributed by atoms with Gasteiger partial charge in [-0.05, 0) is 48.4 Å². The predicted molar refractivity (Wildman–Crippen MR) is 100 cm³/mol. The van der Waals surface area contributed by atoms with Gasteiger partial charge in [0.1, 0.15) is 0 Å². The normalized spacial score (nSPS) is 21.6. The molecule has 0 atom stereocenters. The molecule has 4 heteroatoms. The number of rotatable bonds is 4. The van der Waals surface area contributed by atoms with Crippen LogP contribution in [0.4, 0.5) is 0 Å². The van der Waals surface area contributed by atoms with E-state index in [0.29, 0.717) is 15.8 Å². The second-order valence-corrected chi connectivity index (χ2v) is 9.35. The van der Waals surface area contributed by atoms with Crippen molar-refractivity contribution in [2.75, 3.05) is 5.75 Å². The molecule has 2 aromatic rings. The van der Waals surface area contributed by atoms with Crippen LogP contribution < -0.4 is 0 Å². The molecule has 0 spiro atoms. The first-order valence-corrected chi connectivity index (χ1v) is 10.6. The Balaban J connectivity index is 1.76. The lowest BCUT2D eigenvalue weighted by molar-refractivity contribution is 0.308. The third-order valence-corrected chi connectivity index (χ3v) is 7.22. The van der Waals surface area contributed by atoms with Crippen LogP contribution in [-0.2, 0) is 9.84 Å². The van der Waals surface area contributed by atoms with Crippen LogP contribution in [0.15, 0.2) is 53.4 Å². The summed E-state index contributed by atoms with van der Waals surface area (Å²) in [7, 11) is -3.22. The van der Waals surface area contributed by atoms with Crippen molar-refractivity contribution in [3.8, 4) is 11.1 Å². The first kappa shape index (κ1) is 17.5. The van der Waals surface area contributed by atoms with Crippen LogP contribution >= 0.6 is 11.6 Å². The molecule has 0 bridgehead atoms. The number of sulfone groups is 1. The highest BCUT2D eigenvalue weighted by Gasteiger charge is 2.25. The Morgan fingerprint density at radius 3 is 2.21 bits per heavy atom. The van der Waals surface area contributed by atoms with Crippen molar-refractivity contribution in [1.29, 1.82) is 0 Å². The molecule has 0 heterocycles. The van der Waals surface area contributed by atoms with Gasteiger partial charge >= 0.3 is 0 Å². The van der Waals surface area contributed by atoms with Gasteiger partial charge in [-0.15, -0.1) is 0 Å². The summed E-state index contributed by atoms with van der Waals surface area (Å²) in [5, 5.41) is 0.671. The first-order chi connectivity index (χ1) is 11.5. The van der Waals surface area contributed by atoms with E-state index in [0.717, 1.165) is 42.7 Å². The minimum absolute atomic E-state index is 0.269. The lowest BCUT2D eigenvalue weighted by Crippen LogP contribution is -2.21. The summed E-state index contributed by atoms with van der Waals surface area (Å²) in [6.07, 6.45) is 4.34. The molecule has 0 amide bonds. The maximum Gasteiger partial charge on any atom is 0.178 e. The van der Waals surface area contributed by atoms with Crippen molar-refractivity contribution >= 4 is 21.4 Å². The molecule has 0 N–H and O–H groups in total. The third kappa shape index (κ3) is 4.01. The van der Waals surface area contributed by atoms with Crippen molar-refractivity contribution in [1.82, 2.24) is 0 Å². The number of benzene rings is 2. The van der Waals surface area contributed by atoms with E-state index >= 15 is 0 Å². The van der Waals surface area contributed by atoms with Crippen LogP contribution in [0.2, 0.25) is 5.02 Å². The van der Waals surface area contributed by atoms with Gasteiger partial charge in [0.15, 0.2) is 9.84 Å². The van der Waals surface area contributed by atoms with Crippen LogP contribution in [0.1, 0.15) is 32.6 Å². The molecule has 1 fully saturated rings. The van der Waals surface area contributed by atoms with Gasteiger partial charge < -0.3 is 0 Å². The zero-order valence-corrected chi connectivity index (χ0v) is 15.5. The molecule has 1 aliphatic carbocycles. The van der Waals surface area contributed by atoms with E-state index < -0.39 is 9.84 Å². The highest BCUT2D eigenvalue weighted by atomic mass is 35.5. The van der Waals surface area contributed by atoms with Gasteiger partial charge in [0.25, 0.3) is 0 Å². The molecule has 0 radical (unpaired) electrons. The fraction of sp³-hybridized carbons (Fsp3) is 0.400. The molecule has 0 aliphatic heterocycles. The molecule has 0 saturated heterocycles. The van der Waals surface area contributed by atoms with Gasteiger partial charge in [-0.2, -0.15) is 0 Å². The summed E-state index contributed by atoms with van der Waals surface area (Å²) in [5.41, 5.74) is 1.86. The van der Waals surface area contributed by atoms with Gasteiger partial charge in [0.2, 0.25) is 0 Å². The summed E-state index contributed by atoms with van der Waals surface area (Å²) in [6, 6.07) is 14.7. The maximum absolute atomic E-state index is 12.7. The number of hydrogen-bond donors (Lipinski definition) is 0. The van der Waals surface area contributed by atoms with E-state index in [2.05, 4.69) is 6.92 Å². The van der Waals surface area contributed by atoms with Crippen molar-refractivity contribution in [2.24, 2.45) is 11.8 Å². The lowest BCUT2D eigenvalue weighted by atomic mass is 9.84. The highest BCUT2D eigenvalue weighted by Crippen LogP contribution is 2.32. The van der Waals surface area contributed by atoms with Crippen molar-refractivity contribution in [3.05, 3.63) is 53.6 Å². The summed E-state index contributed by atoms with van der Waals surface area (Å²) >= 11 is 6.21. The van der Waals surface area contributed by atoms with Crippen molar-refractivity contribution in [3.63, 3.8) is 0 Å². The van der Waals surface area contributed by atoms with Crippen LogP contribution in [0.3, 0.4) is 0 Å². The molecule has 24 heavy (non-hydrogen) atoms. The first-order valence-electron chi connectivity index (χ1n) is 8.53. The monoisotopic (exact) mass is 362 g/mol. The molecular formula is C20H23ClO2S. The number of hydrogen-bond acceptors (Lipinski definition) is 2. The molecule has 2 nitrogen and oxygen atoms in total. The number of halogens is 1. The molecule has 128 valence electrons. The fourth-order valence-corrected chi connectivity index (χ4v) is 5.38. The second kappa shape index (κ2) is 7.28. The zero-order chi connectivity index (χ0) is 17.2. The molecular weight excluding hydrogens is 340 g/mol. The quantitative estimate of drug-likeness (QED) is 0.708. The second-order valence-electron chi connectivity index (χ2n) is 6.91. The molecule has 2 aromatic carbocycles. The molecule has 3 rings (SSSR count). The Kier molecular flexibility index (Phi) is 5.31. The Hall–Kier alpha value is -1.32. The van der Waals surface area contributed by atoms with E-state index in [1.807, 2.05) is 36.4 Å². The average Bonchev–Trinajstić information content (AvgIpc) is 2.57. The van der Waals surface area contributed by atoms with E-state index in [4.69, 9.17) is 11.6 Å². The van der Waals surface area contributed by atoms with Crippen LogP contribution in [0.5, 0.6) is 0 Å². The molecule has 1 aliphatic rings. The molecule has 0 aromatic heterocycles. The van der Waals surface area contributed by atoms with Gasteiger partial charge in [0, 0.05) is 10.6 Å². The Morgan fingerprint density at radius 1 is 0.958 bits per heavy atom. The Morgan fingerprint density at radius 2 is 1.58 bits per heavy atom. The van der Waals surface area contributed by atoms with Gasteiger partial charge in [-0.1, -0.05) is 61.7 Å². The summed E-state index contributed by atoms with van der Waals surface area (Å²) in [6.45, 7) is 2.25. The summed E-state index contributed by atoms with van der Waals surface area (Å²) in [5.74, 6) is 1.30. The highest BCUT2D eigenvalue weighted by molar-refractivity contribution is 7.91. The maximum atomic E-state index is 12.7. The third-order valence-electron chi connectivity index (χ3n) is 4.99. The SMILES string of the molecule is CC1CCC(CS(=O)(=O)c2ccc(-c3ccccc3Cl)cc2)CC1. The average molecular weight is 363 g/mol. The minimum atomic E-state index is -3.22. The standard InChI is InChI=1S/C20H23ClO2S/c1-15-6-8-16(9-7-15)14-24(22,23)18-12-10-17(11-13-18)19-4-2-3-5-20(19)21/h2-5,10-13,15-16H,6-9,14H2,1H3. The molecule has 0 unspecified atom stereocenters.